The van der Waals surface area contributed by atoms with Gasteiger partial charge in [0.1, 0.15) is 0 Å². The van der Waals surface area contributed by atoms with Crippen LogP contribution in [0.15, 0.2) is 73.2 Å². The summed E-state index contributed by atoms with van der Waals surface area (Å²) in [5.74, 6) is 0.393. The average molecular weight is 384 g/mol. The first-order valence-corrected chi connectivity index (χ1v) is 9.29. The van der Waals surface area contributed by atoms with Crippen molar-refractivity contribution in [2.24, 2.45) is 0 Å². The minimum Gasteiger partial charge on any atom is -0.358 e. The predicted octanol–water partition coefficient (Wildman–Crippen LogP) is 3.35. The number of pyridine rings is 2. The van der Waals surface area contributed by atoms with Crippen LogP contribution in [0, 0.1) is 0 Å². The fraction of sp³-hybridized carbons (Fsp3) is 0.136. The number of nitrogens with zero attached hydrogens (tertiary/aromatic N) is 5. The van der Waals surface area contributed by atoms with E-state index in [2.05, 4.69) is 25.5 Å². The van der Waals surface area contributed by atoms with Gasteiger partial charge in [-0.2, -0.15) is 0 Å². The van der Waals surface area contributed by atoms with E-state index in [1.807, 2.05) is 54.4 Å². The normalized spacial score (nSPS) is 10.7. The van der Waals surface area contributed by atoms with Gasteiger partial charge < -0.3 is 10.2 Å². The Bertz CT molecular complexity index is 1110. The summed E-state index contributed by atoms with van der Waals surface area (Å²) in [5, 5.41) is 12.1. The number of aromatic nitrogens is 4. The highest BCUT2D eigenvalue weighted by molar-refractivity contribution is 6.07. The van der Waals surface area contributed by atoms with Crippen LogP contribution >= 0.6 is 0 Å². The third-order valence-corrected chi connectivity index (χ3v) is 4.64. The zero-order valence-electron chi connectivity index (χ0n) is 16.0. The van der Waals surface area contributed by atoms with Gasteiger partial charge in [-0.1, -0.05) is 18.2 Å². The zero-order chi connectivity index (χ0) is 20.1. The van der Waals surface area contributed by atoms with Crippen molar-refractivity contribution in [3.63, 3.8) is 0 Å². The fourth-order valence-corrected chi connectivity index (χ4v) is 3.00. The monoisotopic (exact) mass is 384 g/mol. The van der Waals surface area contributed by atoms with Crippen LogP contribution in [0.25, 0.3) is 10.9 Å². The molecule has 0 saturated carbocycles. The molecule has 144 valence electrons. The molecule has 0 atom stereocenters. The number of hydrogen-bond donors (Lipinski definition) is 1. The van der Waals surface area contributed by atoms with Crippen molar-refractivity contribution in [3.8, 4) is 0 Å². The Balaban J connectivity index is 1.42. The molecule has 0 radical (unpaired) electrons. The van der Waals surface area contributed by atoms with Crippen LogP contribution < -0.4 is 10.2 Å². The van der Waals surface area contributed by atoms with Crippen molar-refractivity contribution in [3.05, 3.63) is 84.4 Å². The molecular weight excluding hydrogens is 364 g/mol. The summed E-state index contributed by atoms with van der Waals surface area (Å²) in [6.45, 7) is 0.784. The zero-order valence-corrected chi connectivity index (χ0v) is 16.0. The van der Waals surface area contributed by atoms with Gasteiger partial charge in [-0.25, -0.2) is 0 Å². The second kappa shape index (κ2) is 8.43. The van der Waals surface area contributed by atoms with E-state index in [0.29, 0.717) is 11.5 Å². The number of rotatable bonds is 6. The number of carbonyl (C=O) groups is 1. The van der Waals surface area contributed by atoms with Gasteiger partial charge in [0.25, 0.3) is 5.91 Å². The number of nitrogens with one attached hydrogen (secondary N) is 1. The Morgan fingerprint density at radius 1 is 0.966 bits per heavy atom. The van der Waals surface area contributed by atoms with E-state index < -0.39 is 0 Å². The maximum absolute atomic E-state index is 12.6. The molecule has 3 aromatic heterocycles. The average Bonchev–Trinajstić information content (AvgIpc) is 2.78. The highest BCUT2D eigenvalue weighted by Crippen LogP contribution is 2.21. The number of amides is 1. The molecule has 4 aromatic rings. The standard InChI is InChI=1S/C22H20N6O/c1-28(15-11-16-9-13-23-14-10-16)20-8-7-19(26-27-20)22(29)25-18-6-2-4-17-5-3-12-24-21(17)18/h2-10,12-14H,11,15H2,1H3,(H,25,29). The molecular formula is C22H20N6O. The lowest BCUT2D eigenvalue weighted by molar-refractivity contribution is 0.102. The number of benzene rings is 1. The van der Waals surface area contributed by atoms with Gasteiger partial charge in [-0.3, -0.25) is 14.8 Å². The molecule has 29 heavy (non-hydrogen) atoms. The summed E-state index contributed by atoms with van der Waals surface area (Å²) in [5.41, 5.74) is 2.85. The van der Waals surface area contributed by atoms with Crippen LogP contribution in [0.4, 0.5) is 11.5 Å². The van der Waals surface area contributed by atoms with E-state index in [0.717, 1.165) is 23.9 Å². The predicted molar refractivity (Wildman–Crippen MR) is 113 cm³/mol. The van der Waals surface area contributed by atoms with E-state index in [4.69, 9.17) is 0 Å². The summed E-state index contributed by atoms with van der Waals surface area (Å²) in [7, 11) is 1.95. The molecule has 0 unspecified atom stereocenters. The quantitative estimate of drug-likeness (QED) is 0.549. The molecule has 0 aliphatic carbocycles. The van der Waals surface area contributed by atoms with Crippen LogP contribution in [-0.2, 0) is 6.42 Å². The van der Waals surface area contributed by atoms with E-state index in [9.17, 15) is 4.79 Å². The van der Waals surface area contributed by atoms with Crippen LogP contribution in [0.1, 0.15) is 16.1 Å². The Labute approximate surface area is 168 Å². The van der Waals surface area contributed by atoms with E-state index >= 15 is 0 Å². The van der Waals surface area contributed by atoms with Crippen LogP contribution in [0.5, 0.6) is 0 Å². The third kappa shape index (κ3) is 4.35. The fourth-order valence-electron chi connectivity index (χ4n) is 3.00. The van der Waals surface area contributed by atoms with Crippen molar-refractivity contribution in [1.29, 1.82) is 0 Å². The summed E-state index contributed by atoms with van der Waals surface area (Å²) in [6.07, 6.45) is 6.15. The van der Waals surface area contributed by atoms with Crippen molar-refractivity contribution >= 4 is 28.3 Å². The molecule has 3 heterocycles. The molecule has 0 spiro atoms. The minimum absolute atomic E-state index is 0.254. The highest BCUT2D eigenvalue weighted by Gasteiger charge is 2.12. The second-order valence-corrected chi connectivity index (χ2v) is 6.64. The molecule has 1 amide bonds. The maximum Gasteiger partial charge on any atom is 0.276 e. The molecule has 0 aliphatic rings. The van der Waals surface area contributed by atoms with Gasteiger partial charge >= 0.3 is 0 Å². The molecule has 0 saturated heterocycles. The van der Waals surface area contributed by atoms with E-state index in [1.54, 1.807) is 30.7 Å². The first-order valence-electron chi connectivity index (χ1n) is 9.29. The Kier molecular flexibility index (Phi) is 5.38. The summed E-state index contributed by atoms with van der Waals surface area (Å²) >= 11 is 0. The molecule has 7 nitrogen and oxygen atoms in total. The third-order valence-electron chi connectivity index (χ3n) is 4.64. The highest BCUT2D eigenvalue weighted by atomic mass is 16.1. The summed E-state index contributed by atoms with van der Waals surface area (Å²) in [6, 6.07) is 16.9. The molecule has 7 heteroatoms. The largest absolute Gasteiger partial charge is 0.358 e. The van der Waals surface area contributed by atoms with Gasteiger partial charge in [0.2, 0.25) is 0 Å². The Morgan fingerprint density at radius 3 is 2.59 bits per heavy atom. The molecule has 1 N–H and O–H groups in total. The molecule has 0 fully saturated rings. The smallest absolute Gasteiger partial charge is 0.276 e. The number of anilines is 2. The van der Waals surface area contributed by atoms with Gasteiger partial charge in [0.05, 0.1) is 11.2 Å². The van der Waals surface area contributed by atoms with Crippen molar-refractivity contribution < 1.29 is 4.79 Å². The summed E-state index contributed by atoms with van der Waals surface area (Å²) in [4.78, 5) is 23.0. The second-order valence-electron chi connectivity index (χ2n) is 6.64. The number of hydrogen-bond acceptors (Lipinski definition) is 6. The lowest BCUT2D eigenvalue weighted by atomic mass is 10.2. The number of likely N-dealkylation sites (N-methyl/N-ethyl adjacent to an activating group) is 1. The topological polar surface area (TPSA) is 83.9 Å². The number of fused-ring (bicyclic) bond motifs is 1. The first-order chi connectivity index (χ1) is 14.2. The van der Waals surface area contributed by atoms with Gasteiger partial charge in [-0.05, 0) is 48.4 Å². The van der Waals surface area contributed by atoms with Crippen molar-refractivity contribution in [2.45, 2.75) is 6.42 Å². The van der Waals surface area contributed by atoms with Crippen LogP contribution in [0.2, 0.25) is 0 Å². The molecule has 0 aliphatic heterocycles. The number of para-hydroxylation sites is 1. The molecule has 4 rings (SSSR count). The first kappa shape index (κ1) is 18.5. The summed E-state index contributed by atoms with van der Waals surface area (Å²) < 4.78 is 0. The Morgan fingerprint density at radius 2 is 1.79 bits per heavy atom. The maximum atomic E-state index is 12.6. The van der Waals surface area contributed by atoms with Gasteiger partial charge in [-0.15, -0.1) is 10.2 Å². The number of carbonyl (C=O) groups excluding carboxylic acids is 1. The van der Waals surface area contributed by atoms with E-state index in [1.165, 1.54) is 5.56 Å². The lowest BCUT2D eigenvalue weighted by Crippen LogP contribution is -2.22. The molecule has 1 aromatic carbocycles. The van der Waals surface area contributed by atoms with Crippen molar-refractivity contribution in [2.75, 3.05) is 23.8 Å². The SMILES string of the molecule is CN(CCc1ccncc1)c1ccc(C(=O)Nc2cccc3cccnc23)nn1. The van der Waals surface area contributed by atoms with E-state index in [-0.39, 0.29) is 11.6 Å². The molecule has 0 bridgehead atoms. The lowest BCUT2D eigenvalue weighted by Gasteiger charge is -2.17. The van der Waals surface area contributed by atoms with Gasteiger partial charge in [0.15, 0.2) is 11.5 Å². The van der Waals surface area contributed by atoms with Crippen LogP contribution in [-0.4, -0.2) is 39.7 Å². The minimum atomic E-state index is -0.318. The van der Waals surface area contributed by atoms with Crippen molar-refractivity contribution in [1.82, 2.24) is 20.2 Å². The van der Waals surface area contributed by atoms with Gasteiger partial charge in [0, 0.05) is 37.6 Å². The Hall–Kier alpha value is -3.87. The van der Waals surface area contributed by atoms with Crippen LogP contribution in [0.3, 0.4) is 0 Å².